The van der Waals surface area contributed by atoms with Crippen LogP contribution in [0.4, 0.5) is 8.78 Å². The first kappa shape index (κ1) is 17.3. The molecule has 2 aromatic rings. The summed E-state index contributed by atoms with van der Waals surface area (Å²) in [5, 5.41) is 4.23. The maximum Gasteiger partial charge on any atom is 0.266 e. The van der Waals surface area contributed by atoms with Crippen LogP contribution in [0.5, 0.6) is 0 Å². The molecular formula is C18H19F2N3O2. The van der Waals surface area contributed by atoms with Crippen LogP contribution in [0.3, 0.4) is 0 Å². The summed E-state index contributed by atoms with van der Waals surface area (Å²) in [6.45, 7) is 3.28. The molecule has 1 fully saturated rings. The Morgan fingerprint density at radius 1 is 1.20 bits per heavy atom. The van der Waals surface area contributed by atoms with Gasteiger partial charge in [0.1, 0.15) is 11.6 Å². The second-order valence-corrected chi connectivity index (χ2v) is 6.35. The molecule has 3 rings (SSSR count). The largest absolute Gasteiger partial charge is 0.339 e. The van der Waals surface area contributed by atoms with Crippen molar-refractivity contribution in [2.24, 2.45) is 5.92 Å². The Bertz CT molecular complexity index is 842. The van der Waals surface area contributed by atoms with Crippen molar-refractivity contribution in [1.29, 1.82) is 0 Å². The first-order valence-corrected chi connectivity index (χ1v) is 8.23. The zero-order chi connectivity index (χ0) is 18.0. The summed E-state index contributed by atoms with van der Waals surface area (Å²) in [5.41, 5.74) is 0.521. The van der Waals surface area contributed by atoms with Gasteiger partial charge < -0.3 is 4.90 Å². The molecule has 0 spiro atoms. The van der Waals surface area contributed by atoms with Crippen LogP contribution in [-0.4, -0.2) is 33.7 Å². The lowest BCUT2D eigenvalue weighted by Crippen LogP contribution is -2.40. The zero-order valence-electron chi connectivity index (χ0n) is 13.9. The Hall–Kier alpha value is -2.57. The highest BCUT2D eigenvalue weighted by Crippen LogP contribution is 2.21. The Balaban J connectivity index is 1.62. The second-order valence-electron chi connectivity index (χ2n) is 6.35. The highest BCUT2D eigenvalue weighted by molar-refractivity contribution is 5.94. The van der Waals surface area contributed by atoms with Gasteiger partial charge in [0.25, 0.3) is 11.5 Å². The van der Waals surface area contributed by atoms with Crippen molar-refractivity contribution < 1.29 is 13.6 Å². The van der Waals surface area contributed by atoms with Crippen LogP contribution in [0, 0.1) is 24.5 Å². The number of halogens is 2. The van der Waals surface area contributed by atoms with Crippen LogP contribution >= 0.6 is 0 Å². The van der Waals surface area contributed by atoms with Crippen LogP contribution < -0.4 is 5.56 Å². The fourth-order valence-electron chi connectivity index (χ4n) is 3.08. The molecule has 0 unspecified atom stereocenters. The average Bonchev–Trinajstić information content (AvgIpc) is 2.58. The lowest BCUT2D eigenvalue weighted by atomic mass is 9.96. The van der Waals surface area contributed by atoms with Crippen LogP contribution in [0.1, 0.15) is 28.9 Å². The Kier molecular flexibility index (Phi) is 4.92. The van der Waals surface area contributed by atoms with E-state index >= 15 is 0 Å². The number of carbonyl (C=O) groups excluding carboxylic acids is 1. The van der Waals surface area contributed by atoms with E-state index in [0.717, 1.165) is 17.8 Å². The molecular weight excluding hydrogens is 328 g/mol. The number of hydrogen-bond acceptors (Lipinski definition) is 3. The number of hydrogen-bond donors (Lipinski definition) is 0. The van der Waals surface area contributed by atoms with Gasteiger partial charge in [0, 0.05) is 31.8 Å². The van der Waals surface area contributed by atoms with Gasteiger partial charge in [-0.1, -0.05) is 0 Å². The normalized spacial score (nSPS) is 15.4. The van der Waals surface area contributed by atoms with E-state index in [1.165, 1.54) is 16.8 Å². The minimum atomic E-state index is -0.845. The van der Waals surface area contributed by atoms with E-state index in [1.54, 1.807) is 11.0 Å². The van der Waals surface area contributed by atoms with Gasteiger partial charge in [0.05, 0.1) is 11.3 Å². The van der Waals surface area contributed by atoms with Gasteiger partial charge in [-0.05, 0) is 43.9 Å². The summed E-state index contributed by atoms with van der Waals surface area (Å²) in [7, 11) is 0. The van der Waals surface area contributed by atoms with Crippen LogP contribution in [0.15, 0.2) is 35.1 Å². The quantitative estimate of drug-likeness (QED) is 0.857. The molecule has 5 nitrogen and oxygen atoms in total. The molecule has 2 heterocycles. The first-order chi connectivity index (χ1) is 11.9. The molecule has 0 saturated carbocycles. The molecule has 1 aromatic carbocycles. The first-order valence-electron chi connectivity index (χ1n) is 8.23. The predicted octanol–water partition coefficient (Wildman–Crippen LogP) is 2.38. The van der Waals surface area contributed by atoms with E-state index in [2.05, 4.69) is 5.10 Å². The fraction of sp³-hybridized carbons (Fsp3) is 0.389. The van der Waals surface area contributed by atoms with Crippen molar-refractivity contribution in [3.8, 4) is 0 Å². The molecule has 25 heavy (non-hydrogen) atoms. The van der Waals surface area contributed by atoms with Crippen LogP contribution in [-0.2, 0) is 6.54 Å². The minimum Gasteiger partial charge on any atom is -0.339 e. The standard InChI is InChI=1S/C18H19F2N3O2/c1-12-2-5-17(24)23(21-12)11-13-6-8-22(9-7-13)18(25)15-4-3-14(19)10-16(15)20/h2-5,10,13H,6-9,11H2,1H3. The van der Waals surface area contributed by atoms with E-state index < -0.39 is 17.5 Å². The summed E-state index contributed by atoms with van der Waals surface area (Å²) in [4.78, 5) is 25.8. The number of nitrogens with zero attached hydrogens (tertiary/aromatic N) is 3. The molecule has 1 aromatic heterocycles. The summed E-state index contributed by atoms with van der Waals surface area (Å²) < 4.78 is 28.2. The number of amides is 1. The topological polar surface area (TPSA) is 55.2 Å². The lowest BCUT2D eigenvalue weighted by Gasteiger charge is -2.32. The third-order valence-corrected chi connectivity index (χ3v) is 4.49. The lowest BCUT2D eigenvalue weighted by molar-refractivity contribution is 0.0675. The van der Waals surface area contributed by atoms with Crippen molar-refractivity contribution in [2.45, 2.75) is 26.3 Å². The van der Waals surface area contributed by atoms with Crippen molar-refractivity contribution in [2.75, 3.05) is 13.1 Å². The average molecular weight is 347 g/mol. The van der Waals surface area contributed by atoms with Gasteiger partial charge in [-0.2, -0.15) is 5.10 Å². The molecule has 0 N–H and O–H groups in total. The van der Waals surface area contributed by atoms with Gasteiger partial charge in [0.15, 0.2) is 0 Å². The van der Waals surface area contributed by atoms with E-state index in [0.29, 0.717) is 32.5 Å². The van der Waals surface area contributed by atoms with Crippen molar-refractivity contribution in [3.63, 3.8) is 0 Å². The third kappa shape index (κ3) is 3.92. The Labute approximate surface area is 143 Å². The van der Waals surface area contributed by atoms with Gasteiger partial charge in [-0.25, -0.2) is 13.5 Å². The fourth-order valence-corrected chi connectivity index (χ4v) is 3.08. The molecule has 7 heteroatoms. The molecule has 0 radical (unpaired) electrons. The van der Waals surface area contributed by atoms with E-state index in [4.69, 9.17) is 0 Å². The summed E-state index contributed by atoms with van der Waals surface area (Å²) >= 11 is 0. The number of benzene rings is 1. The third-order valence-electron chi connectivity index (χ3n) is 4.49. The van der Waals surface area contributed by atoms with E-state index in [9.17, 15) is 18.4 Å². The summed E-state index contributed by atoms with van der Waals surface area (Å²) in [5.74, 6) is -1.75. The number of carbonyl (C=O) groups is 1. The number of rotatable bonds is 3. The zero-order valence-corrected chi connectivity index (χ0v) is 13.9. The van der Waals surface area contributed by atoms with Crippen molar-refractivity contribution >= 4 is 5.91 Å². The smallest absolute Gasteiger partial charge is 0.266 e. The molecule has 1 aliphatic heterocycles. The molecule has 0 atom stereocenters. The van der Waals surface area contributed by atoms with E-state index in [-0.39, 0.29) is 17.0 Å². The van der Waals surface area contributed by atoms with Gasteiger partial charge >= 0.3 is 0 Å². The maximum atomic E-state index is 13.8. The number of likely N-dealkylation sites (tertiary alicyclic amines) is 1. The number of piperidine rings is 1. The molecule has 0 bridgehead atoms. The molecule has 132 valence electrons. The summed E-state index contributed by atoms with van der Waals surface area (Å²) in [6, 6.07) is 6.15. The van der Waals surface area contributed by atoms with Crippen LogP contribution in [0.25, 0.3) is 0 Å². The van der Waals surface area contributed by atoms with Gasteiger partial charge in [-0.15, -0.1) is 0 Å². The van der Waals surface area contributed by atoms with E-state index in [1.807, 2.05) is 6.92 Å². The molecule has 0 aliphatic carbocycles. The predicted molar refractivity (Wildman–Crippen MR) is 88.2 cm³/mol. The van der Waals surface area contributed by atoms with Crippen molar-refractivity contribution in [1.82, 2.24) is 14.7 Å². The number of aromatic nitrogens is 2. The maximum absolute atomic E-state index is 13.8. The monoisotopic (exact) mass is 347 g/mol. The SMILES string of the molecule is Cc1ccc(=O)n(CC2CCN(C(=O)c3ccc(F)cc3F)CC2)n1. The number of aryl methyl sites for hydroxylation is 1. The molecule has 1 aliphatic rings. The Morgan fingerprint density at radius 2 is 1.92 bits per heavy atom. The van der Waals surface area contributed by atoms with Gasteiger partial charge in [-0.3, -0.25) is 9.59 Å². The second kappa shape index (κ2) is 7.13. The molecule has 1 saturated heterocycles. The van der Waals surface area contributed by atoms with Crippen molar-refractivity contribution in [3.05, 3.63) is 63.6 Å². The molecule has 1 amide bonds. The van der Waals surface area contributed by atoms with Gasteiger partial charge in [0.2, 0.25) is 0 Å². The van der Waals surface area contributed by atoms with Crippen LogP contribution in [0.2, 0.25) is 0 Å². The highest BCUT2D eigenvalue weighted by Gasteiger charge is 2.26. The summed E-state index contributed by atoms with van der Waals surface area (Å²) in [6.07, 6.45) is 1.41. The Morgan fingerprint density at radius 3 is 2.60 bits per heavy atom. The minimum absolute atomic E-state index is 0.114. The highest BCUT2D eigenvalue weighted by atomic mass is 19.1.